The van der Waals surface area contributed by atoms with E-state index in [4.69, 9.17) is 0 Å². The number of hydrogen-bond donors (Lipinski definition) is 2. The standard InChI is InChI=1S/C16H14FNO3/c17-13-9-5-4-8-12(13)10-14(16(20)21)18-15(19)11-6-2-1-3-7-11/h1-9,14H,10H2,(H,18,19)(H,20,21)/t14-/m0/s1. The minimum Gasteiger partial charge on any atom is -0.480 e. The first-order chi connectivity index (χ1) is 10.1. The van der Waals surface area contributed by atoms with Gasteiger partial charge in [0.05, 0.1) is 0 Å². The van der Waals surface area contributed by atoms with Crippen LogP contribution in [0.15, 0.2) is 54.6 Å². The Morgan fingerprint density at radius 1 is 1.05 bits per heavy atom. The summed E-state index contributed by atoms with van der Waals surface area (Å²) in [5, 5.41) is 11.6. The molecule has 0 unspecified atom stereocenters. The number of carboxylic acid groups (broad SMARTS) is 1. The normalized spacial score (nSPS) is 11.7. The predicted octanol–water partition coefficient (Wildman–Crippen LogP) is 2.25. The molecule has 2 N–H and O–H groups in total. The number of amides is 1. The highest BCUT2D eigenvalue weighted by Gasteiger charge is 2.22. The lowest BCUT2D eigenvalue weighted by molar-refractivity contribution is -0.139. The third-order valence-electron chi connectivity index (χ3n) is 3.02. The van der Waals surface area contributed by atoms with Crippen molar-refractivity contribution in [3.8, 4) is 0 Å². The molecule has 0 fully saturated rings. The molecule has 0 saturated heterocycles. The van der Waals surface area contributed by atoms with Crippen molar-refractivity contribution in [2.24, 2.45) is 0 Å². The largest absolute Gasteiger partial charge is 0.480 e. The summed E-state index contributed by atoms with van der Waals surface area (Å²) in [6, 6.07) is 13.0. The van der Waals surface area contributed by atoms with Gasteiger partial charge in [-0.3, -0.25) is 4.79 Å². The van der Waals surface area contributed by atoms with E-state index in [0.717, 1.165) is 0 Å². The maximum absolute atomic E-state index is 13.6. The summed E-state index contributed by atoms with van der Waals surface area (Å²) in [6.45, 7) is 0. The van der Waals surface area contributed by atoms with Crippen molar-refractivity contribution in [3.63, 3.8) is 0 Å². The summed E-state index contributed by atoms with van der Waals surface area (Å²) in [7, 11) is 0. The molecule has 1 amide bonds. The molecule has 2 aromatic carbocycles. The van der Waals surface area contributed by atoms with Gasteiger partial charge in [-0.25, -0.2) is 9.18 Å². The van der Waals surface area contributed by atoms with E-state index >= 15 is 0 Å². The molecule has 4 nitrogen and oxygen atoms in total. The fraction of sp³-hybridized carbons (Fsp3) is 0.125. The van der Waals surface area contributed by atoms with Crippen LogP contribution >= 0.6 is 0 Å². The molecule has 108 valence electrons. The lowest BCUT2D eigenvalue weighted by atomic mass is 10.0. The van der Waals surface area contributed by atoms with Gasteiger partial charge in [0.15, 0.2) is 0 Å². The van der Waals surface area contributed by atoms with Crippen LogP contribution in [0.4, 0.5) is 4.39 Å². The second-order valence-electron chi connectivity index (χ2n) is 4.53. The molecule has 1 atom stereocenters. The number of carboxylic acids is 1. The summed E-state index contributed by atoms with van der Waals surface area (Å²) in [6.07, 6.45) is -0.111. The minimum atomic E-state index is -1.21. The van der Waals surface area contributed by atoms with E-state index in [1.54, 1.807) is 36.4 Å². The van der Waals surface area contributed by atoms with Crippen molar-refractivity contribution in [1.82, 2.24) is 5.32 Å². The Morgan fingerprint density at radius 2 is 1.67 bits per heavy atom. The molecule has 0 aliphatic carbocycles. The Hall–Kier alpha value is -2.69. The van der Waals surface area contributed by atoms with Gasteiger partial charge in [-0.1, -0.05) is 36.4 Å². The van der Waals surface area contributed by atoms with Crippen LogP contribution in [0.5, 0.6) is 0 Å². The monoisotopic (exact) mass is 287 g/mol. The molecule has 0 aliphatic heterocycles. The van der Waals surface area contributed by atoms with Crippen molar-refractivity contribution in [2.45, 2.75) is 12.5 Å². The van der Waals surface area contributed by atoms with Crippen LogP contribution in [-0.2, 0) is 11.2 Å². The zero-order valence-corrected chi connectivity index (χ0v) is 11.1. The van der Waals surface area contributed by atoms with Gasteiger partial charge in [0.2, 0.25) is 0 Å². The van der Waals surface area contributed by atoms with Gasteiger partial charge in [0.1, 0.15) is 11.9 Å². The third-order valence-corrected chi connectivity index (χ3v) is 3.02. The highest BCUT2D eigenvalue weighted by Crippen LogP contribution is 2.10. The Kier molecular flexibility index (Phi) is 4.66. The van der Waals surface area contributed by atoms with Crippen molar-refractivity contribution >= 4 is 11.9 Å². The van der Waals surface area contributed by atoms with Crippen molar-refractivity contribution in [1.29, 1.82) is 0 Å². The zero-order chi connectivity index (χ0) is 15.2. The maximum Gasteiger partial charge on any atom is 0.326 e. The van der Waals surface area contributed by atoms with Crippen molar-refractivity contribution < 1.29 is 19.1 Å². The zero-order valence-electron chi connectivity index (χ0n) is 11.1. The SMILES string of the molecule is O=C(N[C@@H](Cc1ccccc1F)C(=O)O)c1ccccc1. The molecule has 0 aliphatic rings. The quantitative estimate of drug-likeness (QED) is 0.886. The van der Waals surface area contributed by atoms with Crippen LogP contribution in [0.2, 0.25) is 0 Å². The smallest absolute Gasteiger partial charge is 0.326 e. The molecular formula is C16H14FNO3. The Balaban J connectivity index is 2.12. The Morgan fingerprint density at radius 3 is 2.29 bits per heavy atom. The van der Waals surface area contributed by atoms with Crippen molar-refractivity contribution in [2.75, 3.05) is 0 Å². The Bertz CT molecular complexity index is 643. The van der Waals surface area contributed by atoms with Crippen LogP contribution in [0.25, 0.3) is 0 Å². The molecule has 0 bridgehead atoms. The first-order valence-electron chi connectivity index (χ1n) is 6.40. The van der Waals surface area contributed by atoms with Crippen molar-refractivity contribution in [3.05, 3.63) is 71.5 Å². The molecule has 0 aromatic heterocycles. The molecule has 0 saturated carbocycles. The number of halogens is 1. The summed E-state index contributed by atoms with van der Waals surface area (Å²) in [5.74, 6) is -2.19. The van der Waals surface area contributed by atoms with Gasteiger partial charge in [-0.15, -0.1) is 0 Å². The van der Waals surface area contributed by atoms with E-state index in [0.29, 0.717) is 5.56 Å². The van der Waals surface area contributed by atoms with E-state index in [9.17, 15) is 19.1 Å². The molecular weight excluding hydrogens is 273 g/mol. The van der Waals surface area contributed by atoms with Crippen LogP contribution in [-0.4, -0.2) is 23.0 Å². The van der Waals surface area contributed by atoms with E-state index < -0.39 is 23.7 Å². The van der Waals surface area contributed by atoms with E-state index in [2.05, 4.69) is 5.32 Å². The third kappa shape index (κ3) is 3.89. The van der Waals surface area contributed by atoms with Gasteiger partial charge in [-0.2, -0.15) is 0 Å². The number of carbonyl (C=O) groups is 2. The summed E-state index contributed by atoms with van der Waals surface area (Å²) in [5.41, 5.74) is 0.607. The molecule has 2 aromatic rings. The maximum atomic E-state index is 13.6. The van der Waals surface area contributed by atoms with Gasteiger partial charge in [0, 0.05) is 12.0 Å². The number of aliphatic carboxylic acids is 1. The van der Waals surface area contributed by atoms with Crippen LogP contribution in [0.1, 0.15) is 15.9 Å². The number of carbonyl (C=O) groups excluding carboxylic acids is 1. The summed E-state index contributed by atoms with van der Waals surface area (Å²) < 4.78 is 13.6. The van der Waals surface area contributed by atoms with Gasteiger partial charge >= 0.3 is 5.97 Å². The number of rotatable bonds is 5. The Labute approximate surface area is 121 Å². The van der Waals surface area contributed by atoms with Crippen LogP contribution in [0.3, 0.4) is 0 Å². The number of benzene rings is 2. The second-order valence-corrected chi connectivity index (χ2v) is 4.53. The fourth-order valence-corrected chi connectivity index (χ4v) is 1.92. The average molecular weight is 287 g/mol. The number of hydrogen-bond acceptors (Lipinski definition) is 2. The van der Waals surface area contributed by atoms with Gasteiger partial charge in [0.25, 0.3) is 5.91 Å². The lowest BCUT2D eigenvalue weighted by Crippen LogP contribution is -2.42. The number of nitrogens with one attached hydrogen (secondary N) is 1. The van der Waals surface area contributed by atoms with E-state index in [-0.39, 0.29) is 12.0 Å². The average Bonchev–Trinajstić information content (AvgIpc) is 2.49. The van der Waals surface area contributed by atoms with Gasteiger partial charge in [-0.05, 0) is 23.8 Å². The first-order valence-corrected chi connectivity index (χ1v) is 6.40. The molecule has 0 radical (unpaired) electrons. The van der Waals surface area contributed by atoms with E-state index in [1.165, 1.54) is 18.2 Å². The first kappa shape index (κ1) is 14.7. The lowest BCUT2D eigenvalue weighted by Gasteiger charge is -2.15. The molecule has 21 heavy (non-hydrogen) atoms. The fourth-order valence-electron chi connectivity index (χ4n) is 1.92. The predicted molar refractivity (Wildman–Crippen MR) is 75.4 cm³/mol. The summed E-state index contributed by atoms with van der Waals surface area (Å²) in [4.78, 5) is 23.2. The summed E-state index contributed by atoms with van der Waals surface area (Å²) >= 11 is 0. The molecule has 0 spiro atoms. The molecule has 0 heterocycles. The highest BCUT2D eigenvalue weighted by molar-refractivity contribution is 5.96. The molecule has 5 heteroatoms. The highest BCUT2D eigenvalue weighted by atomic mass is 19.1. The van der Waals surface area contributed by atoms with Crippen LogP contribution < -0.4 is 5.32 Å². The minimum absolute atomic E-state index is 0.111. The van der Waals surface area contributed by atoms with Crippen LogP contribution in [0, 0.1) is 5.82 Å². The second kappa shape index (κ2) is 6.65. The van der Waals surface area contributed by atoms with Gasteiger partial charge < -0.3 is 10.4 Å². The van der Waals surface area contributed by atoms with E-state index in [1.807, 2.05) is 0 Å². The topological polar surface area (TPSA) is 66.4 Å². The molecule has 2 rings (SSSR count).